The van der Waals surface area contributed by atoms with Gasteiger partial charge in [0.1, 0.15) is 34.6 Å². The number of ether oxygens (including phenoxy) is 2. The molecule has 0 radical (unpaired) electrons. The molecular weight excluding hydrogens is 568 g/mol. The Labute approximate surface area is 266 Å². The molecule has 5 aromatic carbocycles. The van der Waals surface area contributed by atoms with Gasteiger partial charge in [-0.25, -0.2) is 9.97 Å². The van der Waals surface area contributed by atoms with E-state index in [1.165, 1.54) is 5.56 Å². The number of nitrogens with zero attached hydrogens (tertiary/aromatic N) is 4. The molecule has 0 spiro atoms. The number of hydrogen-bond acceptors (Lipinski definition) is 4. The summed E-state index contributed by atoms with van der Waals surface area (Å²) in [5, 5.41) is 2.20. The molecule has 0 unspecified atom stereocenters. The minimum Gasteiger partial charge on any atom is -0.457 e. The van der Waals surface area contributed by atoms with Crippen LogP contribution in [0.2, 0.25) is 0 Å². The van der Waals surface area contributed by atoms with E-state index in [4.69, 9.17) is 19.4 Å². The second-order valence-corrected chi connectivity index (χ2v) is 12.4. The van der Waals surface area contributed by atoms with Gasteiger partial charge in [-0.1, -0.05) is 62.4 Å². The summed E-state index contributed by atoms with van der Waals surface area (Å²) < 4.78 is 17.4. The third kappa shape index (κ3) is 3.96. The second-order valence-electron chi connectivity index (χ2n) is 12.4. The largest absolute Gasteiger partial charge is 0.457 e. The van der Waals surface area contributed by atoms with Crippen molar-refractivity contribution >= 4 is 32.8 Å². The molecule has 0 bridgehead atoms. The number of benzene rings is 5. The molecule has 6 heteroatoms. The first-order valence-corrected chi connectivity index (χ1v) is 15.5. The Hall–Kier alpha value is -5.88. The molecule has 0 fully saturated rings. The number of aryl methyl sites for hydroxylation is 1. The van der Waals surface area contributed by atoms with E-state index in [1.807, 2.05) is 80.0 Å². The number of fused-ring (bicyclic) bond motifs is 6. The SMILES string of the molecule is Cn1c(-c2cccc(Oc3ccc4c5cc6c(cc5n(-c5ccccn5)c4c3)C(C)(C)c3ccccc3O6)c2)nc2ccccc21. The topological polar surface area (TPSA) is 54.1 Å². The minimum atomic E-state index is -0.234. The number of imidazole rings is 1. The highest BCUT2D eigenvalue weighted by atomic mass is 16.5. The minimum absolute atomic E-state index is 0.234. The Morgan fingerprint density at radius 1 is 0.652 bits per heavy atom. The van der Waals surface area contributed by atoms with Crippen molar-refractivity contribution in [3.63, 3.8) is 0 Å². The quantitative estimate of drug-likeness (QED) is 0.202. The molecule has 3 aromatic heterocycles. The first kappa shape index (κ1) is 26.5. The van der Waals surface area contributed by atoms with Crippen LogP contribution in [0, 0.1) is 0 Å². The lowest BCUT2D eigenvalue weighted by Crippen LogP contribution is -2.24. The highest BCUT2D eigenvalue weighted by Crippen LogP contribution is 2.50. The molecule has 222 valence electrons. The lowest BCUT2D eigenvalue weighted by Gasteiger charge is -2.34. The van der Waals surface area contributed by atoms with E-state index >= 15 is 0 Å². The average molecular weight is 599 g/mol. The van der Waals surface area contributed by atoms with Crippen LogP contribution in [0.5, 0.6) is 23.0 Å². The first-order chi connectivity index (χ1) is 22.5. The standard InChI is InChI=1S/C40H30N4O2/c1-40(2)30-13-4-7-16-36(30)46-37-23-29-28-19-18-27(22-34(28)44(35(29)24-31(37)40)38-17-8-9-20-41-38)45-26-12-10-11-25(21-26)39-42-32-14-5-6-15-33(32)43(39)3/h4-24H,1-3H3. The Bertz CT molecular complexity index is 2470. The van der Waals surface area contributed by atoms with Crippen LogP contribution in [0.4, 0.5) is 0 Å². The summed E-state index contributed by atoms with van der Waals surface area (Å²) in [6, 6.07) is 41.3. The summed E-state index contributed by atoms with van der Waals surface area (Å²) in [5.41, 5.74) is 7.23. The monoisotopic (exact) mass is 598 g/mol. The summed E-state index contributed by atoms with van der Waals surface area (Å²) in [4.78, 5) is 9.66. The molecule has 0 saturated carbocycles. The summed E-state index contributed by atoms with van der Waals surface area (Å²) in [6.45, 7) is 4.53. The number of rotatable bonds is 4. The van der Waals surface area contributed by atoms with E-state index in [2.05, 4.69) is 77.6 Å². The molecule has 0 atom stereocenters. The fourth-order valence-corrected chi connectivity index (χ4v) is 6.97. The van der Waals surface area contributed by atoms with Gasteiger partial charge in [0.25, 0.3) is 0 Å². The highest BCUT2D eigenvalue weighted by Gasteiger charge is 2.35. The van der Waals surface area contributed by atoms with Gasteiger partial charge in [-0.15, -0.1) is 0 Å². The van der Waals surface area contributed by atoms with Crippen LogP contribution < -0.4 is 9.47 Å². The maximum atomic E-state index is 6.53. The van der Waals surface area contributed by atoms with Crippen LogP contribution >= 0.6 is 0 Å². The fourth-order valence-electron chi connectivity index (χ4n) is 6.97. The Kier molecular flexibility index (Phi) is 5.66. The van der Waals surface area contributed by atoms with Crippen molar-refractivity contribution in [2.75, 3.05) is 0 Å². The zero-order chi connectivity index (χ0) is 31.0. The van der Waals surface area contributed by atoms with Crippen LogP contribution in [0.1, 0.15) is 25.0 Å². The molecule has 6 nitrogen and oxygen atoms in total. The summed E-state index contributed by atoms with van der Waals surface area (Å²) in [7, 11) is 2.05. The van der Waals surface area contributed by atoms with Crippen molar-refractivity contribution in [1.82, 2.24) is 19.1 Å². The molecule has 4 heterocycles. The molecule has 46 heavy (non-hydrogen) atoms. The molecular formula is C40H30N4O2. The Morgan fingerprint density at radius 2 is 1.46 bits per heavy atom. The lowest BCUT2D eigenvalue weighted by atomic mass is 9.75. The highest BCUT2D eigenvalue weighted by molar-refractivity contribution is 6.10. The summed E-state index contributed by atoms with van der Waals surface area (Å²) >= 11 is 0. The average Bonchev–Trinajstić information content (AvgIpc) is 3.58. The zero-order valence-corrected chi connectivity index (χ0v) is 25.7. The van der Waals surface area contributed by atoms with Gasteiger partial charge in [-0.2, -0.15) is 0 Å². The number of aromatic nitrogens is 4. The van der Waals surface area contributed by atoms with Crippen LogP contribution in [0.25, 0.3) is 50.0 Å². The molecule has 8 aromatic rings. The van der Waals surface area contributed by atoms with Crippen molar-refractivity contribution in [2.45, 2.75) is 19.3 Å². The lowest BCUT2D eigenvalue weighted by molar-refractivity contribution is 0.419. The predicted octanol–water partition coefficient (Wildman–Crippen LogP) is 9.96. The van der Waals surface area contributed by atoms with Gasteiger partial charge in [0, 0.05) is 52.2 Å². The van der Waals surface area contributed by atoms with Gasteiger partial charge < -0.3 is 14.0 Å². The number of para-hydroxylation sites is 3. The van der Waals surface area contributed by atoms with E-state index < -0.39 is 0 Å². The molecule has 0 amide bonds. The van der Waals surface area contributed by atoms with E-state index in [-0.39, 0.29) is 5.41 Å². The van der Waals surface area contributed by atoms with Crippen molar-refractivity contribution < 1.29 is 9.47 Å². The maximum Gasteiger partial charge on any atom is 0.140 e. The maximum absolute atomic E-state index is 6.53. The van der Waals surface area contributed by atoms with Crippen LogP contribution in [-0.4, -0.2) is 19.1 Å². The second kappa shape index (κ2) is 9.81. The van der Waals surface area contributed by atoms with Gasteiger partial charge >= 0.3 is 0 Å². The van der Waals surface area contributed by atoms with E-state index in [9.17, 15) is 0 Å². The Balaban J connectivity index is 1.18. The fraction of sp³-hybridized carbons (Fsp3) is 0.100. The third-order valence-electron chi connectivity index (χ3n) is 9.29. The van der Waals surface area contributed by atoms with Crippen LogP contribution in [-0.2, 0) is 12.5 Å². The molecule has 0 N–H and O–H groups in total. The van der Waals surface area contributed by atoms with Crippen molar-refractivity contribution in [2.24, 2.45) is 7.05 Å². The summed E-state index contributed by atoms with van der Waals surface area (Å²) in [5.74, 6) is 5.02. The van der Waals surface area contributed by atoms with E-state index in [1.54, 1.807) is 0 Å². The van der Waals surface area contributed by atoms with Gasteiger partial charge in [0.15, 0.2) is 0 Å². The van der Waals surface area contributed by atoms with Gasteiger partial charge in [0.2, 0.25) is 0 Å². The first-order valence-electron chi connectivity index (χ1n) is 15.5. The van der Waals surface area contributed by atoms with Crippen LogP contribution in [0.15, 0.2) is 128 Å². The molecule has 0 saturated heterocycles. The van der Waals surface area contributed by atoms with Gasteiger partial charge in [-0.05, 0) is 66.7 Å². The molecule has 1 aliphatic rings. The zero-order valence-electron chi connectivity index (χ0n) is 25.7. The van der Waals surface area contributed by atoms with Crippen molar-refractivity contribution in [3.8, 4) is 40.2 Å². The number of pyridine rings is 1. The normalized spacial score (nSPS) is 13.5. The number of hydrogen-bond donors (Lipinski definition) is 0. The molecule has 0 aliphatic carbocycles. The van der Waals surface area contributed by atoms with Gasteiger partial charge in [0.05, 0.1) is 22.1 Å². The van der Waals surface area contributed by atoms with Crippen molar-refractivity contribution in [3.05, 3.63) is 139 Å². The molecule has 1 aliphatic heterocycles. The van der Waals surface area contributed by atoms with Gasteiger partial charge in [-0.3, -0.25) is 4.57 Å². The van der Waals surface area contributed by atoms with E-state index in [0.29, 0.717) is 0 Å². The third-order valence-corrected chi connectivity index (χ3v) is 9.29. The van der Waals surface area contributed by atoms with Crippen LogP contribution in [0.3, 0.4) is 0 Å². The predicted molar refractivity (Wildman–Crippen MR) is 183 cm³/mol. The van der Waals surface area contributed by atoms with E-state index in [0.717, 1.165) is 78.6 Å². The molecule has 9 rings (SSSR count). The Morgan fingerprint density at radius 3 is 2.33 bits per heavy atom. The summed E-state index contributed by atoms with van der Waals surface area (Å²) in [6.07, 6.45) is 1.83. The smallest absolute Gasteiger partial charge is 0.140 e. The van der Waals surface area contributed by atoms with Crippen molar-refractivity contribution in [1.29, 1.82) is 0 Å².